The largest absolute Gasteiger partial charge is 0.337 e. The molecule has 1 saturated carbocycles. The third-order valence-corrected chi connectivity index (χ3v) is 6.88. The van der Waals surface area contributed by atoms with Crippen LogP contribution in [-0.4, -0.2) is 45.7 Å². The van der Waals surface area contributed by atoms with Crippen molar-refractivity contribution in [2.75, 3.05) is 13.1 Å². The van der Waals surface area contributed by atoms with Gasteiger partial charge < -0.3 is 9.80 Å². The number of aromatic nitrogens is 1. The highest BCUT2D eigenvalue weighted by Gasteiger charge is 2.58. The van der Waals surface area contributed by atoms with Crippen LogP contribution in [0.25, 0.3) is 0 Å². The molecule has 1 unspecified atom stereocenters. The molecule has 1 saturated heterocycles. The van der Waals surface area contributed by atoms with Crippen LogP contribution in [0.3, 0.4) is 0 Å². The summed E-state index contributed by atoms with van der Waals surface area (Å²) in [6, 6.07) is 2.41. The second-order valence-electron chi connectivity index (χ2n) is 7.03. The van der Waals surface area contributed by atoms with Crippen LogP contribution >= 0.6 is 22.7 Å². The number of nitrogens with zero attached hydrogens (tertiary/aromatic N) is 3. The fraction of sp³-hybridized carbons (Fsp3) is 0.500. The van der Waals surface area contributed by atoms with E-state index in [0.717, 1.165) is 32.4 Å². The number of piperidine rings is 1. The van der Waals surface area contributed by atoms with Crippen molar-refractivity contribution in [3.63, 3.8) is 0 Å². The summed E-state index contributed by atoms with van der Waals surface area (Å²) in [5, 5.41) is 5.98. The van der Waals surface area contributed by atoms with Crippen molar-refractivity contribution in [2.45, 2.75) is 38.8 Å². The summed E-state index contributed by atoms with van der Waals surface area (Å²) in [6.45, 7) is 3.89. The highest BCUT2D eigenvalue weighted by Crippen LogP contribution is 2.57. The van der Waals surface area contributed by atoms with Crippen LogP contribution in [0.5, 0.6) is 0 Å². The number of likely N-dealkylation sites (tertiary alicyclic amines) is 1. The van der Waals surface area contributed by atoms with E-state index in [1.165, 1.54) is 16.9 Å². The summed E-state index contributed by atoms with van der Waals surface area (Å²) < 4.78 is 0. The van der Waals surface area contributed by atoms with Crippen molar-refractivity contribution in [3.8, 4) is 0 Å². The Balaban J connectivity index is 1.38. The number of rotatable bonds is 4. The maximum Gasteiger partial charge on any atom is 0.273 e. The Hall–Kier alpha value is -1.73. The quantitative estimate of drug-likeness (QED) is 0.824. The Morgan fingerprint density at radius 2 is 2.12 bits per heavy atom. The summed E-state index contributed by atoms with van der Waals surface area (Å²) in [6.07, 6.45) is 3.01. The van der Waals surface area contributed by atoms with Gasteiger partial charge in [0.15, 0.2) is 0 Å². The number of thiophene rings is 1. The first-order valence-electron chi connectivity index (χ1n) is 8.55. The van der Waals surface area contributed by atoms with E-state index >= 15 is 0 Å². The molecular weight excluding hydrogens is 354 g/mol. The van der Waals surface area contributed by atoms with Gasteiger partial charge in [-0.2, -0.15) is 11.3 Å². The molecule has 7 heteroatoms. The number of carbonyl (C=O) groups is 2. The summed E-state index contributed by atoms with van der Waals surface area (Å²) >= 11 is 3.12. The molecule has 1 aliphatic heterocycles. The molecule has 3 heterocycles. The maximum atomic E-state index is 12.4. The SMILES string of the molecule is CC(=O)N(Cc1ccsc1)C1CC12CCN(C(=O)c1cscn1)CC2. The lowest BCUT2D eigenvalue weighted by Crippen LogP contribution is -2.42. The Kier molecular flexibility index (Phi) is 4.37. The second kappa shape index (κ2) is 6.53. The molecule has 25 heavy (non-hydrogen) atoms. The minimum atomic E-state index is 0.0370. The Labute approximate surface area is 155 Å². The molecular formula is C18H21N3O2S2. The van der Waals surface area contributed by atoms with Gasteiger partial charge in [0.2, 0.25) is 5.91 Å². The molecule has 2 fully saturated rings. The molecule has 2 aliphatic rings. The van der Waals surface area contributed by atoms with Gasteiger partial charge in [-0.15, -0.1) is 11.3 Å². The van der Waals surface area contributed by atoms with E-state index in [4.69, 9.17) is 0 Å². The molecule has 0 N–H and O–H groups in total. The molecule has 1 spiro atoms. The summed E-state index contributed by atoms with van der Waals surface area (Å²) in [5.74, 6) is 0.184. The van der Waals surface area contributed by atoms with Crippen LogP contribution in [0.2, 0.25) is 0 Å². The van der Waals surface area contributed by atoms with Gasteiger partial charge >= 0.3 is 0 Å². The van der Waals surface area contributed by atoms with Gasteiger partial charge in [-0.05, 0) is 47.1 Å². The molecule has 2 amide bonds. The average molecular weight is 376 g/mol. The number of hydrogen-bond acceptors (Lipinski definition) is 5. The van der Waals surface area contributed by atoms with Crippen LogP contribution in [0.1, 0.15) is 42.2 Å². The zero-order chi connectivity index (χ0) is 17.4. The molecule has 1 atom stereocenters. The number of thiazole rings is 1. The fourth-order valence-electron chi connectivity index (χ4n) is 3.96. The Bertz CT molecular complexity index is 749. The lowest BCUT2D eigenvalue weighted by Gasteiger charge is -2.34. The van der Waals surface area contributed by atoms with Crippen LogP contribution < -0.4 is 0 Å². The van der Waals surface area contributed by atoms with Gasteiger partial charge in [0.1, 0.15) is 5.69 Å². The third kappa shape index (κ3) is 3.22. The normalized spacial score (nSPS) is 21.3. The van der Waals surface area contributed by atoms with E-state index < -0.39 is 0 Å². The number of carbonyl (C=O) groups excluding carboxylic acids is 2. The van der Waals surface area contributed by atoms with Crippen molar-refractivity contribution in [1.82, 2.24) is 14.8 Å². The summed E-state index contributed by atoms with van der Waals surface area (Å²) in [7, 11) is 0. The molecule has 1 aliphatic carbocycles. The zero-order valence-corrected chi connectivity index (χ0v) is 15.8. The molecule has 0 bridgehead atoms. The molecule has 2 aromatic rings. The van der Waals surface area contributed by atoms with Crippen molar-refractivity contribution in [3.05, 3.63) is 39.0 Å². The van der Waals surface area contributed by atoms with Crippen LogP contribution in [-0.2, 0) is 11.3 Å². The second-order valence-corrected chi connectivity index (χ2v) is 8.53. The Morgan fingerprint density at radius 1 is 1.32 bits per heavy atom. The van der Waals surface area contributed by atoms with Crippen molar-refractivity contribution < 1.29 is 9.59 Å². The van der Waals surface area contributed by atoms with Crippen LogP contribution in [0, 0.1) is 5.41 Å². The van der Waals surface area contributed by atoms with Gasteiger partial charge in [0, 0.05) is 38.0 Å². The topological polar surface area (TPSA) is 53.5 Å². The fourth-order valence-corrected chi connectivity index (χ4v) is 5.15. The van der Waals surface area contributed by atoms with Gasteiger partial charge in [-0.25, -0.2) is 4.98 Å². The average Bonchev–Trinajstić information content (AvgIpc) is 3.07. The van der Waals surface area contributed by atoms with Gasteiger partial charge in [-0.3, -0.25) is 9.59 Å². The molecule has 4 rings (SSSR count). The smallest absolute Gasteiger partial charge is 0.273 e. The predicted octanol–water partition coefficient (Wildman–Crippen LogP) is 3.25. The number of amides is 2. The van der Waals surface area contributed by atoms with E-state index in [1.807, 2.05) is 15.2 Å². The molecule has 0 radical (unpaired) electrons. The first-order valence-corrected chi connectivity index (χ1v) is 10.4. The van der Waals surface area contributed by atoms with Crippen LogP contribution in [0.15, 0.2) is 27.7 Å². The van der Waals surface area contributed by atoms with Crippen molar-refractivity contribution in [2.24, 2.45) is 5.41 Å². The molecule has 5 nitrogen and oxygen atoms in total. The monoisotopic (exact) mass is 375 g/mol. The lowest BCUT2D eigenvalue weighted by molar-refractivity contribution is -0.130. The standard InChI is InChI=1S/C18H21N3O2S2/c1-13(22)21(9-14-2-7-24-10-14)16-8-18(16)3-5-20(6-4-18)17(23)15-11-25-12-19-15/h2,7,10-12,16H,3-6,8-9H2,1H3. The molecule has 2 aromatic heterocycles. The van der Waals surface area contributed by atoms with Gasteiger partial charge in [0.25, 0.3) is 5.91 Å². The van der Waals surface area contributed by atoms with E-state index in [-0.39, 0.29) is 17.2 Å². The third-order valence-electron chi connectivity index (χ3n) is 5.56. The van der Waals surface area contributed by atoms with E-state index in [0.29, 0.717) is 18.3 Å². The summed E-state index contributed by atoms with van der Waals surface area (Å²) in [5.41, 5.74) is 3.67. The molecule has 0 aromatic carbocycles. The minimum absolute atomic E-state index is 0.0370. The van der Waals surface area contributed by atoms with Gasteiger partial charge in [0.05, 0.1) is 5.51 Å². The van der Waals surface area contributed by atoms with E-state index in [9.17, 15) is 9.59 Å². The lowest BCUT2D eigenvalue weighted by atomic mass is 9.92. The molecule has 132 valence electrons. The van der Waals surface area contributed by atoms with E-state index in [2.05, 4.69) is 21.8 Å². The minimum Gasteiger partial charge on any atom is -0.337 e. The zero-order valence-electron chi connectivity index (χ0n) is 14.2. The first-order chi connectivity index (χ1) is 12.1. The first kappa shape index (κ1) is 16.7. The van der Waals surface area contributed by atoms with Crippen LogP contribution in [0.4, 0.5) is 0 Å². The van der Waals surface area contributed by atoms with Crippen molar-refractivity contribution >= 4 is 34.5 Å². The number of hydrogen-bond donors (Lipinski definition) is 0. The summed E-state index contributed by atoms with van der Waals surface area (Å²) in [4.78, 5) is 32.7. The van der Waals surface area contributed by atoms with E-state index in [1.54, 1.807) is 23.8 Å². The maximum absolute atomic E-state index is 12.4. The predicted molar refractivity (Wildman–Crippen MR) is 98.6 cm³/mol. The highest BCUT2D eigenvalue weighted by molar-refractivity contribution is 7.08. The van der Waals surface area contributed by atoms with Gasteiger partial charge in [-0.1, -0.05) is 0 Å². The highest BCUT2D eigenvalue weighted by atomic mass is 32.1. The van der Waals surface area contributed by atoms with Crippen molar-refractivity contribution in [1.29, 1.82) is 0 Å². The Morgan fingerprint density at radius 3 is 2.72 bits per heavy atom.